The molecule has 0 aliphatic heterocycles. The molecule has 2 aromatic rings. The summed E-state index contributed by atoms with van der Waals surface area (Å²) in [5.41, 5.74) is 1.30. The van der Waals surface area contributed by atoms with Crippen LogP contribution >= 0.6 is 15.9 Å². The van der Waals surface area contributed by atoms with Gasteiger partial charge in [0.15, 0.2) is 5.69 Å². The molecule has 1 amide bonds. The van der Waals surface area contributed by atoms with E-state index >= 15 is 0 Å². The molecule has 1 aromatic heterocycles. The SMILES string of the molecule is COCCNCCNC(=O)c1ccn(-c2cccc(Br)c2)n1. The number of amides is 1. The smallest absolute Gasteiger partial charge is 0.271 e. The highest BCUT2D eigenvalue weighted by Gasteiger charge is 2.09. The quantitative estimate of drug-likeness (QED) is 0.696. The first-order valence-corrected chi connectivity index (χ1v) is 7.79. The molecule has 1 aromatic carbocycles. The molecule has 0 aliphatic carbocycles. The second-order valence-electron chi connectivity index (χ2n) is 4.62. The van der Waals surface area contributed by atoms with E-state index in [1.165, 1.54) is 0 Å². The summed E-state index contributed by atoms with van der Waals surface area (Å²) in [5.74, 6) is -0.178. The first kappa shape index (κ1) is 16.7. The van der Waals surface area contributed by atoms with Gasteiger partial charge in [-0.1, -0.05) is 22.0 Å². The Labute approximate surface area is 138 Å². The number of benzene rings is 1. The van der Waals surface area contributed by atoms with Crippen LogP contribution in [0.2, 0.25) is 0 Å². The molecule has 22 heavy (non-hydrogen) atoms. The van der Waals surface area contributed by atoms with Crippen molar-refractivity contribution in [3.63, 3.8) is 0 Å². The van der Waals surface area contributed by atoms with Crippen LogP contribution in [0.15, 0.2) is 41.0 Å². The molecule has 0 spiro atoms. The van der Waals surface area contributed by atoms with Crippen LogP contribution in [0.25, 0.3) is 5.69 Å². The monoisotopic (exact) mass is 366 g/mol. The number of hydrogen-bond acceptors (Lipinski definition) is 4. The first-order valence-electron chi connectivity index (χ1n) is 7.00. The van der Waals surface area contributed by atoms with Gasteiger partial charge < -0.3 is 15.4 Å². The van der Waals surface area contributed by atoms with Crippen molar-refractivity contribution in [3.8, 4) is 5.69 Å². The summed E-state index contributed by atoms with van der Waals surface area (Å²) >= 11 is 3.42. The van der Waals surface area contributed by atoms with E-state index in [4.69, 9.17) is 4.74 Å². The molecule has 0 saturated carbocycles. The molecule has 0 radical (unpaired) electrons. The maximum absolute atomic E-state index is 12.0. The third kappa shape index (κ3) is 4.94. The zero-order chi connectivity index (χ0) is 15.8. The van der Waals surface area contributed by atoms with Crippen LogP contribution < -0.4 is 10.6 Å². The summed E-state index contributed by atoms with van der Waals surface area (Å²) in [6.07, 6.45) is 1.77. The normalized spacial score (nSPS) is 10.6. The zero-order valence-electron chi connectivity index (χ0n) is 12.4. The van der Waals surface area contributed by atoms with E-state index in [0.717, 1.165) is 16.7 Å². The number of aromatic nitrogens is 2. The van der Waals surface area contributed by atoms with Crippen LogP contribution in [0.5, 0.6) is 0 Å². The second kappa shape index (κ2) is 8.67. The van der Waals surface area contributed by atoms with Crippen molar-refractivity contribution in [3.05, 3.63) is 46.7 Å². The third-order valence-corrected chi connectivity index (χ3v) is 3.46. The van der Waals surface area contributed by atoms with E-state index in [0.29, 0.717) is 25.4 Å². The molecule has 6 nitrogen and oxygen atoms in total. The molecule has 0 aliphatic rings. The van der Waals surface area contributed by atoms with E-state index in [-0.39, 0.29) is 5.91 Å². The lowest BCUT2D eigenvalue weighted by Gasteiger charge is -2.05. The van der Waals surface area contributed by atoms with Gasteiger partial charge in [0.2, 0.25) is 0 Å². The average molecular weight is 367 g/mol. The fraction of sp³-hybridized carbons (Fsp3) is 0.333. The summed E-state index contributed by atoms with van der Waals surface area (Å²) in [6, 6.07) is 9.44. The molecule has 0 atom stereocenters. The van der Waals surface area contributed by atoms with Gasteiger partial charge in [0, 0.05) is 37.4 Å². The summed E-state index contributed by atoms with van der Waals surface area (Å²) in [6.45, 7) is 2.67. The number of hydrogen-bond donors (Lipinski definition) is 2. The van der Waals surface area contributed by atoms with Crippen molar-refractivity contribution < 1.29 is 9.53 Å². The van der Waals surface area contributed by atoms with E-state index in [1.54, 1.807) is 24.1 Å². The van der Waals surface area contributed by atoms with E-state index in [1.807, 2.05) is 24.3 Å². The number of carbonyl (C=O) groups is 1. The van der Waals surface area contributed by atoms with Gasteiger partial charge >= 0.3 is 0 Å². The van der Waals surface area contributed by atoms with Gasteiger partial charge in [-0.15, -0.1) is 0 Å². The van der Waals surface area contributed by atoms with Crippen LogP contribution in [0, 0.1) is 0 Å². The fourth-order valence-electron chi connectivity index (χ4n) is 1.86. The third-order valence-electron chi connectivity index (χ3n) is 2.96. The van der Waals surface area contributed by atoms with E-state index in [9.17, 15) is 4.79 Å². The van der Waals surface area contributed by atoms with Gasteiger partial charge in [-0.3, -0.25) is 4.79 Å². The maximum Gasteiger partial charge on any atom is 0.271 e. The summed E-state index contributed by atoms with van der Waals surface area (Å²) in [7, 11) is 1.66. The van der Waals surface area contributed by atoms with Crippen LogP contribution in [0.4, 0.5) is 0 Å². The molecule has 0 fully saturated rings. The molecule has 1 heterocycles. The maximum atomic E-state index is 12.0. The minimum atomic E-state index is -0.178. The van der Waals surface area contributed by atoms with Crippen molar-refractivity contribution in [2.75, 3.05) is 33.4 Å². The molecule has 0 bridgehead atoms. The van der Waals surface area contributed by atoms with Gasteiger partial charge in [-0.05, 0) is 24.3 Å². The summed E-state index contributed by atoms with van der Waals surface area (Å²) in [4.78, 5) is 12.0. The number of nitrogens with zero attached hydrogens (tertiary/aromatic N) is 2. The Bertz CT molecular complexity index is 615. The Morgan fingerprint density at radius 2 is 2.18 bits per heavy atom. The number of rotatable bonds is 8. The van der Waals surface area contributed by atoms with Crippen molar-refractivity contribution in [2.45, 2.75) is 0 Å². The predicted octanol–water partition coefficient (Wildman–Crippen LogP) is 1.60. The highest BCUT2D eigenvalue weighted by atomic mass is 79.9. The molecule has 0 unspecified atom stereocenters. The van der Waals surface area contributed by atoms with Crippen LogP contribution in [-0.2, 0) is 4.74 Å². The highest BCUT2D eigenvalue weighted by molar-refractivity contribution is 9.10. The standard InChI is InChI=1S/C15H19BrN4O2/c1-22-10-8-17-6-7-18-15(21)14-5-9-20(19-14)13-4-2-3-12(16)11-13/h2-5,9,11,17H,6-8,10H2,1H3,(H,18,21). The number of methoxy groups -OCH3 is 1. The Kier molecular flexibility index (Phi) is 6.57. The topological polar surface area (TPSA) is 68.2 Å². The van der Waals surface area contributed by atoms with Crippen LogP contribution in [-0.4, -0.2) is 49.0 Å². The highest BCUT2D eigenvalue weighted by Crippen LogP contribution is 2.14. The van der Waals surface area contributed by atoms with Crippen molar-refractivity contribution >= 4 is 21.8 Å². The number of ether oxygens (including phenoxy) is 1. The lowest BCUT2D eigenvalue weighted by Crippen LogP contribution is -2.33. The summed E-state index contributed by atoms with van der Waals surface area (Å²) < 4.78 is 7.57. The fourth-order valence-corrected chi connectivity index (χ4v) is 2.25. The largest absolute Gasteiger partial charge is 0.383 e. The van der Waals surface area contributed by atoms with E-state index < -0.39 is 0 Å². The Morgan fingerprint density at radius 3 is 2.95 bits per heavy atom. The lowest BCUT2D eigenvalue weighted by atomic mass is 10.3. The van der Waals surface area contributed by atoms with Crippen molar-refractivity contribution in [1.29, 1.82) is 0 Å². The average Bonchev–Trinajstić information content (AvgIpc) is 3.00. The molecule has 2 N–H and O–H groups in total. The van der Waals surface area contributed by atoms with Crippen molar-refractivity contribution in [1.82, 2.24) is 20.4 Å². The number of carbonyl (C=O) groups excluding carboxylic acids is 1. The van der Waals surface area contributed by atoms with Crippen molar-refractivity contribution in [2.24, 2.45) is 0 Å². The zero-order valence-corrected chi connectivity index (χ0v) is 14.0. The second-order valence-corrected chi connectivity index (χ2v) is 5.54. The van der Waals surface area contributed by atoms with Crippen LogP contribution in [0.3, 0.4) is 0 Å². The molecule has 0 saturated heterocycles. The predicted molar refractivity (Wildman–Crippen MR) is 88.3 cm³/mol. The molecular formula is C15H19BrN4O2. The first-order chi connectivity index (χ1) is 10.7. The van der Waals surface area contributed by atoms with Crippen LogP contribution in [0.1, 0.15) is 10.5 Å². The summed E-state index contributed by atoms with van der Waals surface area (Å²) in [5, 5.41) is 10.3. The minimum Gasteiger partial charge on any atom is -0.383 e. The van der Waals surface area contributed by atoms with E-state index in [2.05, 4.69) is 31.7 Å². The Morgan fingerprint density at radius 1 is 1.32 bits per heavy atom. The van der Waals surface area contributed by atoms with Gasteiger partial charge in [0.05, 0.1) is 12.3 Å². The van der Waals surface area contributed by atoms with Gasteiger partial charge in [0.1, 0.15) is 0 Å². The molecule has 118 valence electrons. The van der Waals surface area contributed by atoms with Gasteiger partial charge in [-0.25, -0.2) is 4.68 Å². The molecule has 7 heteroatoms. The minimum absolute atomic E-state index is 0.178. The Balaban J connectivity index is 1.84. The number of nitrogens with one attached hydrogen (secondary N) is 2. The molecular weight excluding hydrogens is 348 g/mol. The van der Waals surface area contributed by atoms with Gasteiger partial charge in [-0.2, -0.15) is 5.10 Å². The lowest BCUT2D eigenvalue weighted by molar-refractivity contribution is 0.0948. The molecule has 2 rings (SSSR count). The van der Waals surface area contributed by atoms with Gasteiger partial charge in [0.25, 0.3) is 5.91 Å². The Hall–Kier alpha value is -1.70. The number of halogens is 1.